The summed E-state index contributed by atoms with van der Waals surface area (Å²) in [6.45, 7) is 2.36. The lowest BCUT2D eigenvalue weighted by Crippen LogP contribution is -2.35. The molecule has 0 fully saturated rings. The predicted octanol–water partition coefficient (Wildman–Crippen LogP) is 4.49. The molecule has 2 nitrogen and oxygen atoms in total. The van der Waals surface area contributed by atoms with Gasteiger partial charge in [0.25, 0.3) is 0 Å². The molecule has 0 bridgehead atoms. The van der Waals surface area contributed by atoms with E-state index >= 15 is 0 Å². The first kappa shape index (κ1) is 16.3. The van der Waals surface area contributed by atoms with Crippen LogP contribution >= 0.6 is 27.3 Å². The van der Waals surface area contributed by atoms with Crippen LogP contribution in [0.4, 0.5) is 8.78 Å². The molecule has 0 aliphatic heterocycles. The van der Waals surface area contributed by atoms with Gasteiger partial charge in [-0.3, -0.25) is 9.69 Å². The Labute approximate surface area is 134 Å². The maximum absolute atomic E-state index is 13.2. The van der Waals surface area contributed by atoms with Gasteiger partial charge in [0.2, 0.25) is 0 Å². The van der Waals surface area contributed by atoms with E-state index < -0.39 is 17.7 Å². The number of carbonyl (C=O) groups is 1. The van der Waals surface area contributed by atoms with Gasteiger partial charge in [0, 0.05) is 12.1 Å². The lowest BCUT2D eigenvalue weighted by molar-refractivity contribution is 0.0861. The summed E-state index contributed by atoms with van der Waals surface area (Å²) in [5.74, 6) is -2.18. The number of carbonyl (C=O) groups excluding carboxylic acids is 1. The molecule has 0 saturated carbocycles. The van der Waals surface area contributed by atoms with Crippen molar-refractivity contribution < 1.29 is 13.6 Å². The van der Waals surface area contributed by atoms with E-state index in [4.69, 9.17) is 0 Å². The van der Waals surface area contributed by atoms with Crippen LogP contribution in [0.15, 0.2) is 33.4 Å². The Morgan fingerprint density at radius 1 is 1.33 bits per heavy atom. The molecule has 0 saturated heterocycles. The maximum atomic E-state index is 13.2. The minimum Gasteiger partial charge on any atom is -0.292 e. The average Bonchev–Trinajstić information content (AvgIpc) is 2.85. The number of hydrogen-bond donors (Lipinski definition) is 0. The number of benzene rings is 1. The first-order valence-electron chi connectivity index (χ1n) is 6.31. The van der Waals surface area contributed by atoms with Crippen LogP contribution < -0.4 is 0 Å². The standard InChI is InChI=1S/C15H14BrF2NOS/c1-9(19(2)7-10-5-14(16)21-8-10)15(20)11-3-4-12(17)13(18)6-11/h3-6,8-9H,7H2,1-2H3. The first-order chi connectivity index (χ1) is 9.88. The molecule has 2 aromatic rings. The van der Waals surface area contributed by atoms with Gasteiger partial charge < -0.3 is 0 Å². The topological polar surface area (TPSA) is 20.3 Å². The fourth-order valence-electron chi connectivity index (χ4n) is 1.94. The summed E-state index contributed by atoms with van der Waals surface area (Å²) in [6.07, 6.45) is 0. The lowest BCUT2D eigenvalue weighted by atomic mass is 10.0. The van der Waals surface area contributed by atoms with Crippen molar-refractivity contribution >= 4 is 33.0 Å². The monoisotopic (exact) mass is 373 g/mol. The minimum absolute atomic E-state index is 0.180. The molecule has 0 amide bonds. The van der Waals surface area contributed by atoms with Gasteiger partial charge in [-0.05, 0) is 65.1 Å². The van der Waals surface area contributed by atoms with Crippen molar-refractivity contribution in [2.75, 3.05) is 7.05 Å². The summed E-state index contributed by atoms with van der Waals surface area (Å²) in [4.78, 5) is 14.2. The van der Waals surface area contributed by atoms with E-state index in [1.54, 1.807) is 18.3 Å². The second kappa shape index (κ2) is 6.77. The predicted molar refractivity (Wildman–Crippen MR) is 83.6 cm³/mol. The van der Waals surface area contributed by atoms with Crippen LogP contribution in [0, 0.1) is 11.6 Å². The van der Waals surface area contributed by atoms with Crippen LogP contribution in [-0.4, -0.2) is 23.8 Å². The van der Waals surface area contributed by atoms with E-state index in [-0.39, 0.29) is 11.3 Å². The van der Waals surface area contributed by atoms with Crippen LogP contribution in [0.25, 0.3) is 0 Å². The number of likely N-dealkylation sites (N-methyl/N-ethyl adjacent to an activating group) is 1. The molecular formula is C15H14BrF2NOS. The maximum Gasteiger partial charge on any atom is 0.179 e. The molecule has 0 spiro atoms. The Kier molecular flexibility index (Phi) is 5.24. The fraction of sp³-hybridized carbons (Fsp3) is 0.267. The van der Waals surface area contributed by atoms with E-state index in [1.165, 1.54) is 6.07 Å². The van der Waals surface area contributed by atoms with E-state index in [0.717, 1.165) is 21.5 Å². The van der Waals surface area contributed by atoms with Gasteiger partial charge in [-0.2, -0.15) is 0 Å². The van der Waals surface area contributed by atoms with Crippen molar-refractivity contribution in [2.24, 2.45) is 0 Å². The van der Waals surface area contributed by atoms with Crippen molar-refractivity contribution in [1.82, 2.24) is 4.90 Å². The molecule has 0 aliphatic rings. The molecule has 112 valence electrons. The average molecular weight is 374 g/mol. The normalized spacial score (nSPS) is 12.7. The SMILES string of the molecule is CC(C(=O)c1ccc(F)c(F)c1)N(C)Cc1csc(Br)c1. The number of thiophene rings is 1. The summed E-state index contributed by atoms with van der Waals surface area (Å²) in [6, 6.07) is 4.81. The molecule has 1 aromatic carbocycles. The zero-order chi connectivity index (χ0) is 15.6. The highest BCUT2D eigenvalue weighted by molar-refractivity contribution is 9.11. The van der Waals surface area contributed by atoms with Crippen LogP contribution in [-0.2, 0) is 6.54 Å². The van der Waals surface area contributed by atoms with Crippen molar-refractivity contribution in [2.45, 2.75) is 19.5 Å². The Bertz CT molecular complexity index is 659. The number of hydrogen-bond acceptors (Lipinski definition) is 3. The molecule has 6 heteroatoms. The number of Topliss-reactive ketones (excluding diaryl/α,β-unsaturated/α-hetero) is 1. The molecule has 0 N–H and O–H groups in total. The zero-order valence-corrected chi connectivity index (χ0v) is 14.0. The molecule has 0 radical (unpaired) electrons. The highest BCUT2D eigenvalue weighted by Gasteiger charge is 2.21. The summed E-state index contributed by atoms with van der Waals surface area (Å²) < 4.78 is 27.2. The van der Waals surface area contributed by atoms with Crippen LogP contribution in [0.2, 0.25) is 0 Å². The van der Waals surface area contributed by atoms with Gasteiger partial charge in [0.15, 0.2) is 17.4 Å². The van der Waals surface area contributed by atoms with Gasteiger partial charge >= 0.3 is 0 Å². The van der Waals surface area contributed by atoms with Crippen LogP contribution in [0.3, 0.4) is 0 Å². The van der Waals surface area contributed by atoms with E-state index in [2.05, 4.69) is 15.9 Å². The van der Waals surface area contributed by atoms with Crippen molar-refractivity contribution in [3.8, 4) is 0 Å². The third kappa shape index (κ3) is 3.96. The molecule has 0 aliphatic carbocycles. The molecular weight excluding hydrogens is 360 g/mol. The van der Waals surface area contributed by atoms with Gasteiger partial charge in [-0.15, -0.1) is 11.3 Å². The van der Waals surface area contributed by atoms with E-state index in [1.807, 2.05) is 23.4 Å². The second-order valence-corrected chi connectivity index (χ2v) is 7.13. The fourth-order valence-corrected chi connectivity index (χ4v) is 3.14. The quantitative estimate of drug-likeness (QED) is 0.719. The molecule has 1 unspecified atom stereocenters. The molecule has 1 heterocycles. The van der Waals surface area contributed by atoms with Gasteiger partial charge in [-0.25, -0.2) is 8.78 Å². The Hall–Kier alpha value is -1.11. The third-order valence-corrected chi connectivity index (χ3v) is 4.85. The molecule has 21 heavy (non-hydrogen) atoms. The Morgan fingerprint density at radius 2 is 2.05 bits per heavy atom. The van der Waals surface area contributed by atoms with Crippen LogP contribution in [0.5, 0.6) is 0 Å². The van der Waals surface area contributed by atoms with Gasteiger partial charge in [0.05, 0.1) is 9.83 Å². The van der Waals surface area contributed by atoms with Crippen molar-refractivity contribution in [1.29, 1.82) is 0 Å². The smallest absolute Gasteiger partial charge is 0.179 e. The van der Waals surface area contributed by atoms with Crippen molar-refractivity contribution in [3.05, 3.63) is 56.2 Å². The molecule has 2 rings (SSSR count). The molecule has 1 aromatic heterocycles. The summed E-state index contributed by atoms with van der Waals surface area (Å²) in [5, 5.41) is 2.01. The largest absolute Gasteiger partial charge is 0.292 e. The third-order valence-electron chi connectivity index (χ3n) is 3.30. The summed E-state index contributed by atoms with van der Waals surface area (Å²) >= 11 is 4.98. The van der Waals surface area contributed by atoms with E-state index in [0.29, 0.717) is 6.54 Å². The van der Waals surface area contributed by atoms with Gasteiger partial charge in [-0.1, -0.05) is 0 Å². The second-order valence-electron chi connectivity index (χ2n) is 4.84. The number of nitrogens with zero attached hydrogens (tertiary/aromatic N) is 1. The van der Waals surface area contributed by atoms with Crippen molar-refractivity contribution in [3.63, 3.8) is 0 Å². The lowest BCUT2D eigenvalue weighted by Gasteiger charge is -2.23. The Balaban J connectivity index is 2.08. The summed E-state index contributed by atoms with van der Waals surface area (Å²) in [7, 11) is 1.83. The number of rotatable bonds is 5. The summed E-state index contributed by atoms with van der Waals surface area (Å²) in [5.41, 5.74) is 1.28. The molecule has 1 atom stereocenters. The van der Waals surface area contributed by atoms with E-state index in [9.17, 15) is 13.6 Å². The van der Waals surface area contributed by atoms with Crippen LogP contribution in [0.1, 0.15) is 22.8 Å². The number of halogens is 3. The highest BCUT2D eigenvalue weighted by Crippen LogP contribution is 2.22. The van der Waals surface area contributed by atoms with Gasteiger partial charge in [0.1, 0.15) is 0 Å². The minimum atomic E-state index is -1.00. The Morgan fingerprint density at radius 3 is 2.62 bits per heavy atom. The first-order valence-corrected chi connectivity index (χ1v) is 7.98. The highest BCUT2D eigenvalue weighted by atomic mass is 79.9. The zero-order valence-electron chi connectivity index (χ0n) is 11.6. The number of ketones is 1.